The summed E-state index contributed by atoms with van der Waals surface area (Å²) in [4.78, 5) is 12.2. The first-order chi connectivity index (χ1) is 11.8. The van der Waals surface area contributed by atoms with Crippen molar-refractivity contribution in [2.24, 2.45) is 5.92 Å². The summed E-state index contributed by atoms with van der Waals surface area (Å²) in [5.41, 5.74) is -0.389. The highest BCUT2D eigenvalue weighted by Crippen LogP contribution is 2.34. The Balaban J connectivity index is 1.89. The van der Waals surface area contributed by atoms with Gasteiger partial charge in [0.05, 0.1) is 16.9 Å². The molecule has 1 aliphatic carbocycles. The molecule has 0 saturated carbocycles. The monoisotopic (exact) mass is 349 g/mol. The summed E-state index contributed by atoms with van der Waals surface area (Å²) in [6, 6.07) is 6.74. The van der Waals surface area contributed by atoms with Crippen molar-refractivity contribution in [3.05, 3.63) is 53.7 Å². The number of halogens is 3. The summed E-state index contributed by atoms with van der Waals surface area (Å²) in [6.45, 7) is 1.67. The predicted octanol–water partition coefficient (Wildman–Crippen LogP) is 4.49. The molecule has 1 N–H and O–H groups in total. The number of alkyl halides is 3. The van der Waals surface area contributed by atoms with Gasteiger partial charge in [0.25, 0.3) is 0 Å². The number of carbonyl (C=O) groups excluding carboxylic acids is 1. The Labute approximate surface area is 143 Å². The number of hydrogen-bond acceptors (Lipinski definition) is 2. The van der Waals surface area contributed by atoms with Crippen LogP contribution < -0.4 is 5.32 Å². The molecule has 4 nitrogen and oxygen atoms in total. The third-order valence-electron chi connectivity index (χ3n) is 4.10. The summed E-state index contributed by atoms with van der Waals surface area (Å²) in [6.07, 6.45) is 1.71. The minimum absolute atomic E-state index is 0.112. The number of carbonyl (C=O) groups is 1. The molecule has 1 aromatic heterocycles. The number of nitrogens with one attached hydrogen (secondary N) is 1. The molecule has 25 heavy (non-hydrogen) atoms. The van der Waals surface area contributed by atoms with E-state index < -0.39 is 11.7 Å². The molecule has 0 radical (unpaired) electrons. The number of rotatable bonds is 4. The van der Waals surface area contributed by atoms with E-state index in [-0.39, 0.29) is 23.3 Å². The van der Waals surface area contributed by atoms with Crippen molar-refractivity contribution in [1.82, 2.24) is 9.78 Å². The van der Waals surface area contributed by atoms with Gasteiger partial charge in [-0.1, -0.05) is 24.3 Å². The Bertz CT molecular complexity index is 808. The Morgan fingerprint density at radius 3 is 2.80 bits per heavy atom. The maximum Gasteiger partial charge on any atom is 0.418 e. The largest absolute Gasteiger partial charge is 0.418 e. The Morgan fingerprint density at radius 1 is 1.36 bits per heavy atom. The average Bonchev–Trinajstić information content (AvgIpc) is 3.16. The van der Waals surface area contributed by atoms with Crippen LogP contribution in [0.1, 0.15) is 30.5 Å². The van der Waals surface area contributed by atoms with Gasteiger partial charge < -0.3 is 5.32 Å². The molecule has 1 unspecified atom stereocenters. The van der Waals surface area contributed by atoms with Crippen LogP contribution >= 0.6 is 0 Å². The second kappa shape index (κ2) is 6.74. The lowest BCUT2D eigenvalue weighted by Crippen LogP contribution is -2.18. The van der Waals surface area contributed by atoms with Crippen molar-refractivity contribution in [2.45, 2.75) is 32.4 Å². The SMILES string of the molecule is Cc1cc(NC(=O)CC2C=CCC2)n(-c2ccccc2C(F)(F)F)n1. The molecule has 0 fully saturated rings. The zero-order valence-electron chi connectivity index (χ0n) is 13.7. The second-order valence-electron chi connectivity index (χ2n) is 6.12. The number of benzene rings is 1. The minimum Gasteiger partial charge on any atom is -0.311 e. The van der Waals surface area contributed by atoms with E-state index in [4.69, 9.17) is 0 Å². The maximum absolute atomic E-state index is 13.3. The van der Waals surface area contributed by atoms with Gasteiger partial charge in [-0.05, 0) is 37.8 Å². The summed E-state index contributed by atoms with van der Waals surface area (Å²) < 4.78 is 40.9. The van der Waals surface area contributed by atoms with Crippen LogP contribution in [0.15, 0.2) is 42.5 Å². The van der Waals surface area contributed by atoms with Crippen LogP contribution in [0.3, 0.4) is 0 Å². The van der Waals surface area contributed by atoms with E-state index in [1.807, 2.05) is 12.2 Å². The Hall–Kier alpha value is -2.57. The molecular formula is C18H18F3N3O. The normalized spacial score (nSPS) is 17.0. The first kappa shape index (κ1) is 17.3. The molecule has 1 amide bonds. The van der Waals surface area contributed by atoms with Gasteiger partial charge in [0.2, 0.25) is 5.91 Å². The third-order valence-corrected chi connectivity index (χ3v) is 4.10. The highest BCUT2D eigenvalue weighted by atomic mass is 19.4. The van der Waals surface area contributed by atoms with Gasteiger partial charge in [0.1, 0.15) is 5.82 Å². The van der Waals surface area contributed by atoms with Crippen molar-refractivity contribution in [3.63, 3.8) is 0 Å². The highest BCUT2D eigenvalue weighted by molar-refractivity contribution is 5.90. The molecule has 0 saturated heterocycles. The summed E-state index contributed by atoms with van der Waals surface area (Å²) in [5.74, 6) is 0.184. The number of aromatic nitrogens is 2. The lowest BCUT2D eigenvalue weighted by molar-refractivity contribution is -0.137. The number of allylic oxidation sites excluding steroid dienone is 2. The van der Waals surface area contributed by atoms with Crippen molar-refractivity contribution in [1.29, 1.82) is 0 Å². The molecule has 0 aliphatic heterocycles. The van der Waals surface area contributed by atoms with Crippen LogP contribution in [0.2, 0.25) is 0 Å². The molecule has 2 aromatic rings. The number of nitrogens with zero attached hydrogens (tertiary/aromatic N) is 2. The molecule has 1 aromatic carbocycles. The van der Waals surface area contributed by atoms with Crippen LogP contribution in [-0.2, 0) is 11.0 Å². The average molecular weight is 349 g/mol. The van der Waals surface area contributed by atoms with E-state index in [0.29, 0.717) is 12.1 Å². The van der Waals surface area contributed by atoms with Crippen LogP contribution in [0, 0.1) is 12.8 Å². The fourth-order valence-electron chi connectivity index (χ4n) is 2.97. The van der Waals surface area contributed by atoms with Gasteiger partial charge in [-0.15, -0.1) is 0 Å². The Kier molecular flexibility index (Phi) is 4.65. The third kappa shape index (κ3) is 3.92. The van der Waals surface area contributed by atoms with Crippen molar-refractivity contribution in [3.8, 4) is 5.69 Å². The van der Waals surface area contributed by atoms with Crippen molar-refractivity contribution >= 4 is 11.7 Å². The first-order valence-corrected chi connectivity index (χ1v) is 8.04. The fraction of sp³-hybridized carbons (Fsp3) is 0.333. The van der Waals surface area contributed by atoms with Gasteiger partial charge >= 0.3 is 6.18 Å². The van der Waals surface area contributed by atoms with Crippen molar-refractivity contribution in [2.75, 3.05) is 5.32 Å². The van der Waals surface area contributed by atoms with E-state index in [0.717, 1.165) is 23.6 Å². The number of hydrogen-bond donors (Lipinski definition) is 1. The maximum atomic E-state index is 13.3. The summed E-state index contributed by atoms with van der Waals surface area (Å²) in [7, 11) is 0. The molecule has 1 heterocycles. The molecule has 7 heteroatoms. The number of aryl methyl sites for hydroxylation is 1. The van der Waals surface area contributed by atoms with Crippen molar-refractivity contribution < 1.29 is 18.0 Å². The highest BCUT2D eigenvalue weighted by Gasteiger charge is 2.34. The van der Waals surface area contributed by atoms with E-state index in [9.17, 15) is 18.0 Å². The van der Waals surface area contributed by atoms with Crippen LogP contribution in [-0.4, -0.2) is 15.7 Å². The molecule has 0 bridgehead atoms. The molecule has 3 rings (SSSR count). The van der Waals surface area contributed by atoms with E-state index in [2.05, 4.69) is 10.4 Å². The second-order valence-corrected chi connectivity index (χ2v) is 6.12. The van der Waals surface area contributed by atoms with Gasteiger partial charge in [-0.2, -0.15) is 18.3 Å². The van der Waals surface area contributed by atoms with Crippen LogP contribution in [0.5, 0.6) is 0 Å². The number of para-hydroxylation sites is 1. The van der Waals surface area contributed by atoms with Gasteiger partial charge in [-0.25, -0.2) is 4.68 Å². The number of amides is 1. The first-order valence-electron chi connectivity index (χ1n) is 8.04. The van der Waals surface area contributed by atoms with Gasteiger partial charge in [0, 0.05) is 12.5 Å². The molecular weight excluding hydrogens is 331 g/mol. The summed E-state index contributed by atoms with van der Waals surface area (Å²) in [5, 5.41) is 6.82. The fourth-order valence-corrected chi connectivity index (χ4v) is 2.97. The van der Waals surface area contributed by atoms with Gasteiger partial charge in [0.15, 0.2) is 0 Å². The van der Waals surface area contributed by atoms with E-state index in [1.165, 1.54) is 18.2 Å². The van der Waals surface area contributed by atoms with E-state index in [1.54, 1.807) is 13.0 Å². The lowest BCUT2D eigenvalue weighted by Gasteiger charge is -2.15. The quantitative estimate of drug-likeness (QED) is 0.827. The number of anilines is 1. The zero-order chi connectivity index (χ0) is 18.0. The summed E-state index contributed by atoms with van der Waals surface area (Å²) >= 11 is 0. The Morgan fingerprint density at radius 2 is 2.12 bits per heavy atom. The smallest absolute Gasteiger partial charge is 0.311 e. The standard InChI is InChI=1S/C18H18F3N3O/c1-12-10-16(22-17(25)11-13-6-2-3-7-13)24(23-12)15-9-5-4-8-14(15)18(19,20)21/h2,4-6,8-10,13H,3,7,11H2,1H3,(H,22,25). The zero-order valence-corrected chi connectivity index (χ0v) is 13.7. The van der Waals surface area contributed by atoms with Crippen LogP contribution in [0.25, 0.3) is 5.69 Å². The van der Waals surface area contributed by atoms with Gasteiger partial charge in [-0.3, -0.25) is 4.79 Å². The molecule has 132 valence electrons. The lowest BCUT2D eigenvalue weighted by atomic mass is 10.1. The predicted molar refractivity (Wildman–Crippen MR) is 88.4 cm³/mol. The van der Waals surface area contributed by atoms with E-state index >= 15 is 0 Å². The topological polar surface area (TPSA) is 46.9 Å². The molecule has 0 spiro atoms. The van der Waals surface area contributed by atoms with Crippen LogP contribution in [0.4, 0.5) is 19.0 Å². The minimum atomic E-state index is -4.51. The molecule has 1 aliphatic rings. The molecule has 1 atom stereocenters.